The number of piperidine rings is 1. The zero-order valence-electron chi connectivity index (χ0n) is 17.0. The van der Waals surface area contributed by atoms with Gasteiger partial charge >= 0.3 is 0 Å². The first kappa shape index (κ1) is 19.1. The van der Waals surface area contributed by atoms with Crippen molar-refractivity contribution in [1.29, 1.82) is 0 Å². The second-order valence-electron chi connectivity index (χ2n) is 7.61. The van der Waals surface area contributed by atoms with Crippen LogP contribution in [-0.4, -0.2) is 45.0 Å². The number of carbonyl (C=O) groups excluding carboxylic acids is 1. The molecule has 1 aromatic carbocycles. The number of amides is 1. The van der Waals surface area contributed by atoms with E-state index in [1.54, 1.807) is 36.9 Å². The lowest BCUT2D eigenvalue weighted by atomic mass is 10.0. The molecule has 0 unspecified atom stereocenters. The van der Waals surface area contributed by atoms with Crippen molar-refractivity contribution in [1.82, 2.24) is 25.3 Å². The maximum absolute atomic E-state index is 12.4. The van der Waals surface area contributed by atoms with Crippen molar-refractivity contribution >= 4 is 22.6 Å². The zero-order chi connectivity index (χ0) is 21.0. The lowest BCUT2D eigenvalue weighted by Crippen LogP contribution is -2.45. The predicted molar refractivity (Wildman–Crippen MR) is 120 cm³/mol. The molecular weight excluding hydrogens is 388 g/mol. The molecule has 3 aromatic heterocycles. The molecule has 1 aliphatic heterocycles. The molecule has 1 fully saturated rings. The van der Waals surface area contributed by atoms with Crippen molar-refractivity contribution in [2.24, 2.45) is 0 Å². The number of carbonyl (C=O) groups is 1. The summed E-state index contributed by atoms with van der Waals surface area (Å²) in [6.45, 7) is 1.62. The Morgan fingerprint density at radius 2 is 1.68 bits per heavy atom. The van der Waals surface area contributed by atoms with E-state index in [1.165, 1.54) is 0 Å². The van der Waals surface area contributed by atoms with Crippen molar-refractivity contribution in [2.75, 3.05) is 18.0 Å². The first-order chi connectivity index (χ1) is 15.3. The van der Waals surface area contributed by atoms with Crippen molar-refractivity contribution in [3.8, 4) is 11.4 Å². The van der Waals surface area contributed by atoms with E-state index in [4.69, 9.17) is 9.97 Å². The van der Waals surface area contributed by atoms with Crippen LogP contribution in [0, 0.1) is 0 Å². The normalized spacial score (nSPS) is 14.5. The fourth-order valence-corrected chi connectivity index (χ4v) is 3.93. The topological polar surface area (TPSA) is 83.9 Å². The summed E-state index contributed by atoms with van der Waals surface area (Å²) < 4.78 is 0. The minimum Gasteiger partial charge on any atom is -0.356 e. The number of aromatic nitrogens is 4. The van der Waals surface area contributed by atoms with E-state index >= 15 is 0 Å². The van der Waals surface area contributed by atoms with Crippen molar-refractivity contribution in [2.45, 2.75) is 18.9 Å². The lowest BCUT2D eigenvalue weighted by molar-refractivity contribution is 0.0930. The van der Waals surface area contributed by atoms with Gasteiger partial charge < -0.3 is 10.2 Å². The fraction of sp³-hybridized carbons (Fsp3) is 0.208. The average molecular weight is 410 g/mol. The van der Waals surface area contributed by atoms with E-state index in [0.717, 1.165) is 48.2 Å². The molecule has 0 atom stereocenters. The molecule has 0 radical (unpaired) electrons. The molecule has 0 saturated carbocycles. The van der Waals surface area contributed by atoms with Gasteiger partial charge in [0, 0.05) is 54.9 Å². The summed E-state index contributed by atoms with van der Waals surface area (Å²) in [5, 5.41) is 4.17. The van der Waals surface area contributed by atoms with Crippen molar-refractivity contribution < 1.29 is 4.79 Å². The van der Waals surface area contributed by atoms with Gasteiger partial charge in [-0.3, -0.25) is 14.8 Å². The van der Waals surface area contributed by atoms with Gasteiger partial charge in [0.2, 0.25) is 0 Å². The number of para-hydroxylation sites is 1. The maximum atomic E-state index is 12.4. The van der Waals surface area contributed by atoms with Gasteiger partial charge in [-0.15, -0.1) is 0 Å². The van der Waals surface area contributed by atoms with E-state index in [2.05, 4.69) is 26.3 Å². The Balaban J connectivity index is 1.36. The van der Waals surface area contributed by atoms with Crippen molar-refractivity contribution in [3.63, 3.8) is 0 Å². The summed E-state index contributed by atoms with van der Waals surface area (Å²) in [6.07, 6.45) is 8.50. The summed E-state index contributed by atoms with van der Waals surface area (Å²) in [4.78, 5) is 32.6. The van der Waals surface area contributed by atoms with Crippen LogP contribution in [0.1, 0.15) is 23.2 Å². The number of hydrogen-bond donors (Lipinski definition) is 1. The van der Waals surface area contributed by atoms with Gasteiger partial charge in [0.15, 0.2) is 5.82 Å². The Labute approximate surface area is 180 Å². The van der Waals surface area contributed by atoms with Crippen LogP contribution in [-0.2, 0) is 0 Å². The molecule has 1 aliphatic rings. The minimum atomic E-state index is -0.0714. The van der Waals surface area contributed by atoms with Crippen molar-refractivity contribution in [3.05, 3.63) is 78.9 Å². The summed E-state index contributed by atoms with van der Waals surface area (Å²) >= 11 is 0. The molecule has 4 aromatic rings. The molecule has 1 N–H and O–H groups in total. The molecule has 4 heterocycles. The Morgan fingerprint density at radius 1 is 0.903 bits per heavy atom. The molecule has 1 saturated heterocycles. The molecule has 1 amide bonds. The number of benzene rings is 1. The molecule has 5 rings (SSSR count). The van der Waals surface area contributed by atoms with Crippen LogP contribution in [0.4, 0.5) is 5.82 Å². The third-order valence-corrected chi connectivity index (χ3v) is 5.56. The van der Waals surface area contributed by atoms with Crippen LogP contribution in [0.25, 0.3) is 22.3 Å². The van der Waals surface area contributed by atoms with Gasteiger partial charge in [-0.1, -0.05) is 12.1 Å². The molecule has 0 aliphatic carbocycles. The van der Waals surface area contributed by atoms with E-state index in [-0.39, 0.29) is 11.9 Å². The standard InChI is InChI=1S/C24H22N6O/c31-24(18-6-4-12-26-16-18)27-19-9-13-30(14-10-19)23-20-7-1-2-8-21(20)28-22(29-23)17-5-3-11-25-15-17/h1-8,11-12,15-16,19H,9-10,13-14H2,(H,27,31). The lowest BCUT2D eigenvalue weighted by Gasteiger charge is -2.33. The van der Waals surface area contributed by atoms with Crippen LogP contribution < -0.4 is 10.2 Å². The Kier molecular flexibility index (Phi) is 5.22. The van der Waals surface area contributed by atoms with Crippen LogP contribution in [0.2, 0.25) is 0 Å². The average Bonchev–Trinajstić information content (AvgIpc) is 2.85. The number of nitrogens with zero attached hydrogens (tertiary/aromatic N) is 5. The van der Waals surface area contributed by atoms with E-state index in [9.17, 15) is 4.79 Å². The molecule has 7 heteroatoms. The number of hydrogen-bond acceptors (Lipinski definition) is 6. The second kappa shape index (κ2) is 8.47. The van der Waals surface area contributed by atoms with E-state index in [0.29, 0.717) is 11.4 Å². The number of nitrogens with one attached hydrogen (secondary N) is 1. The summed E-state index contributed by atoms with van der Waals surface area (Å²) in [5.41, 5.74) is 2.40. The van der Waals surface area contributed by atoms with E-state index < -0.39 is 0 Å². The van der Waals surface area contributed by atoms with Gasteiger partial charge in [0.1, 0.15) is 5.82 Å². The minimum absolute atomic E-state index is 0.0714. The highest BCUT2D eigenvalue weighted by atomic mass is 16.1. The molecule has 154 valence electrons. The molecular formula is C24H22N6O. The quantitative estimate of drug-likeness (QED) is 0.555. The molecule has 31 heavy (non-hydrogen) atoms. The maximum Gasteiger partial charge on any atom is 0.253 e. The highest BCUT2D eigenvalue weighted by Crippen LogP contribution is 2.29. The predicted octanol–water partition coefficient (Wildman–Crippen LogP) is 3.49. The smallest absolute Gasteiger partial charge is 0.253 e. The highest BCUT2D eigenvalue weighted by molar-refractivity contribution is 5.94. The summed E-state index contributed by atoms with van der Waals surface area (Å²) in [7, 11) is 0. The summed E-state index contributed by atoms with van der Waals surface area (Å²) in [5.74, 6) is 1.54. The van der Waals surface area contributed by atoms with Crippen LogP contribution in [0.15, 0.2) is 73.3 Å². The first-order valence-corrected chi connectivity index (χ1v) is 10.4. The third-order valence-electron chi connectivity index (χ3n) is 5.56. The Morgan fingerprint density at radius 3 is 2.42 bits per heavy atom. The third kappa shape index (κ3) is 4.07. The molecule has 0 spiro atoms. The second-order valence-corrected chi connectivity index (χ2v) is 7.61. The summed E-state index contributed by atoms with van der Waals surface area (Å²) in [6, 6.07) is 15.6. The molecule has 7 nitrogen and oxygen atoms in total. The number of anilines is 1. The zero-order valence-corrected chi connectivity index (χ0v) is 17.0. The number of pyridine rings is 2. The SMILES string of the molecule is O=C(NC1CCN(c2nc(-c3cccnc3)nc3ccccc23)CC1)c1cccnc1. The first-order valence-electron chi connectivity index (χ1n) is 10.4. The monoisotopic (exact) mass is 410 g/mol. The highest BCUT2D eigenvalue weighted by Gasteiger charge is 2.24. The fourth-order valence-electron chi connectivity index (χ4n) is 3.93. The number of fused-ring (bicyclic) bond motifs is 1. The Bertz CT molecular complexity index is 1190. The van der Waals surface area contributed by atoms with Gasteiger partial charge in [-0.25, -0.2) is 9.97 Å². The van der Waals surface area contributed by atoms with Gasteiger partial charge in [0.05, 0.1) is 11.1 Å². The van der Waals surface area contributed by atoms with E-state index in [1.807, 2.05) is 30.3 Å². The van der Waals surface area contributed by atoms with Crippen LogP contribution >= 0.6 is 0 Å². The largest absolute Gasteiger partial charge is 0.356 e. The van der Waals surface area contributed by atoms with Crippen LogP contribution in [0.3, 0.4) is 0 Å². The van der Waals surface area contributed by atoms with Gasteiger partial charge in [-0.05, 0) is 49.2 Å². The van der Waals surface area contributed by atoms with Gasteiger partial charge in [0.25, 0.3) is 5.91 Å². The van der Waals surface area contributed by atoms with Crippen LogP contribution in [0.5, 0.6) is 0 Å². The van der Waals surface area contributed by atoms with Gasteiger partial charge in [-0.2, -0.15) is 0 Å². The molecule has 0 bridgehead atoms. The Hall–Kier alpha value is -3.87. The number of rotatable bonds is 4.